The summed E-state index contributed by atoms with van der Waals surface area (Å²) in [6, 6.07) is 5.35. The maximum atomic E-state index is 3.93. The molecule has 0 aliphatic heterocycles. The van der Waals surface area contributed by atoms with Crippen LogP contribution in [0.2, 0.25) is 16.6 Å². The average molecular weight is 492 g/mol. The van der Waals surface area contributed by atoms with Gasteiger partial charge in [-0.1, -0.05) is 71.3 Å². The standard InChI is InChI=1S/C26H43BrN2Si/c1-9-13-28(14-10-2)22-15-21-17-29(30(18(3)4,19(5)6)20(7)8)25-12-11-24(27)23(16-22)26(21)25/h11-12,17-20,22H,9-10,13-16H2,1-8H3. The molecule has 4 heteroatoms. The van der Waals surface area contributed by atoms with Gasteiger partial charge in [0.05, 0.1) is 0 Å². The normalized spacial score (nSPS) is 17.3. The Kier molecular flexibility index (Phi) is 7.62. The van der Waals surface area contributed by atoms with Crippen molar-refractivity contribution in [3.63, 3.8) is 0 Å². The molecular weight excluding hydrogens is 448 g/mol. The molecule has 168 valence electrons. The molecule has 2 nitrogen and oxygen atoms in total. The third kappa shape index (κ3) is 3.86. The summed E-state index contributed by atoms with van der Waals surface area (Å²) in [5, 5.41) is 1.56. The van der Waals surface area contributed by atoms with Crippen molar-refractivity contribution in [3.8, 4) is 0 Å². The van der Waals surface area contributed by atoms with Gasteiger partial charge in [-0.3, -0.25) is 4.90 Å². The number of nitrogens with zero attached hydrogens (tertiary/aromatic N) is 2. The molecule has 30 heavy (non-hydrogen) atoms. The minimum absolute atomic E-state index is 0.628. The van der Waals surface area contributed by atoms with Crippen molar-refractivity contribution >= 4 is 35.1 Å². The van der Waals surface area contributed by atoms with E-state index in [1.54, 1.807) is 16.5 Å². The number of halogens is 1. The lowest BCUT2D eigenvalue weighted by Gasteiger charge is -2.44. The number of hydrogen-bond donors (Lipinski definition) is 0. The van der Waals surface area contributed by atoms with Crippen LogP contribution in [0.25, 0.3) is 10.9 Å². The van der Waals surface area contributed by atoms with E-state index in [1.165, 1.54) is 48.8 Å². The molecule has 2 aromatic rings. The van der Waals surface area contributed by atoms with E-state index in [0.717, 1.165) is 0 Å². The minimum Gasteiger partial charge on any atom is -0.373 e. The summed E-state index contributed by atoms with van der Waals surface area (Å²) in [5.41, 5.74) is 6.77. The Morgan fingerprint density at radius 2 is 1.53 bits per heavy atom. The topological polar surface area (TPSA) is 8.17 Å². The van der Waals surface area contributed by atoms with Crippen molar-refractivity contribution in [2.24, 2.45) is 0 Å². The molecule has 0 saturated carbocycles. The predicted molar refractivity (Wildman–Crippen MR) is 139 cm³/mol. The number of aromatic nitrogens is 1. The first-order valence-electron chi connectivity index (χ1n) is 12.3. The summed E-state index contributed by atoms with van der Waals surface area (Å²) in [7, 11) is -1.77. The quantitative estimate of drug-likeness (QED) is 0.323. The monoisotopic (exact) mass is 490 g/mol. The number of benzene rings is 1. The van der Waals surface area contributed by atoms with Crippen molar-refractivity contribution in [1.29, 1.82) is 0 Å². The third-order valence-electron chi connectivity index (χ3n) is 7.72. The molecule has 1 atom stereocenters. The number of rotatable bonds is 9. The van der Waals surface area contributed by atoms with Gasteiger partial charge >= 0.3 is 0 Å². The first-order chi connectivity index (χ1) is 14.2. The Hall–Kier alpha value is -0.583. The van der Waals surface area contributed by atoms with E-state index in [1.807, 2.05) is 0 Å². The molecule has 1 heterocycles. The second-order valence-electron chi connectivity index (χ2n) is 10.4. The van der Waals surface area contributed by atoms with Gasteiger partial charge in [0.1, 0.15) is 0 Å². The first-order valence-corrected chi connectivity index (χ1v) is 15.2. The maximum absolute atomic E-state index is 3.93. The summed E-state index contributed by atoms with van der Waals surface area (Å²) >= 11 is 3.93. The molecule has 1 aromatic heterocycles. The molecule has 0 amide bonds. The molecule has 0 fully saturated rings. The van der Waals surface area contributed by atoms with E-state index in [2.05, 4.69) is 98.8 Å². The van der Waals surface area contributed by atoms with Crippen LogP contribution in [0, 0.1) is 0 Å². The van der Waals surface area contributed by atoms with Crippen LogP contribution in [0.1, 0.15) is 79.4 Å². The van der Waals surface area contributed by atoms with Crippen LogP contribution in [-0.4, -0.2) is 36.5 Å². The second kappa shape index (κ2) is 9.50. The van der Waals surface area contributed by atoms with Crippen molar-refractivity contribution in [3.05, 3.63) is 33.9 Å². The summed E-state index contributed by atoms with van der Waals surface area (Å²) in [6.45, 7) is 21.9. The highest BCUT2D eigenvalue weighted by atomic mass is 79.9. The van der Waals surface area contributed by atoms with E-state index in [0.29, 0.717) is 22.7 Å². The highest BCUT2D eigenvalue weighted by Crippen LogP contribution is 2.47. The highest BCUT2D eigenvalue weighted by molar-refractivity contribution is 9.10. The number of hydrogen-bond acceptors (Lipinski definition) is 1. The fraction of sp³-hybridized carbons (Fsp3) is 0.692. The lowest BCUT2D eigenvalue weighted by molar-refractivity contribution is 0.191. The lowest BCUT2D eigenvalue weighted by Crippen LogP contribution is -2.51. The molecule has 0 saturated heterocycles. The van der Waals surface area contributed by atoms with Gasteiger partial charge in [-0.15, -0.1) is 0 Å². The summed E-state index contributed by atoms with van der Waals surface area (Å²) in [5.74, 6) is 0. The van der Waals surface area contributed by atoms with Crippen LogP contribution in [0.4, 0.5) is 0 Å². The molecule has 0 N–H and O–H groups in total. The van der Waals surface area contributed by atoms with Gasteiger partial charge in [0.25, 0.3) is 0 Å². The van der Waals surface area contributed by atoms with E-state index in [4.69, 9.17) is 0 Å². The fourth-order valence-electron chi connectivity index (χ4n) is 6.84. The molecule has 0 radical (unpaired) electrons. The molecule has 1 aromatic carbocycles. The molecule has 1 aliphatic rings. The Bertz CT molecular complexity index is 840. The van der Waals surface area contributed by atoms with Crippen molar-refractivity contribution in [2.75, 3.05) is 13.1 Å². The van der Waals surface area contributed by atoms with E-state index >= 15 is 0 Å². The van der Waals surface area contributed by atoms with Gasteiger partial charge in [0.15, 0.2) is 8.24 Å². The third-order valence-corrected chi connectivity index (χ3v) is 15.2. The van der Waals surface area contributed by atoms with Gasteiger partial charge in [0.2, 0.25) is 0 Å². The van der Waals surface area contributed by atoms with Crippen molar-refractivity contribution in [2.45, 2.75) is 104 Å². The highest BCUT2D eigenvalue weighted by Gasteiger charge is 2.46. The van der Waals surface area contributed by atoms with Crippen LogP contribution in [-0.2, 0) is 12.8 Å². The first kappa shape index (κ1) is 24.1. The summed E-state index contributed by atoms with van der Waals surface area (Å²) < 4.78 is 4.14. The molecule has 3 rings (SSSR count). The Morgan fingerprint density at radius 3 is 2.03 bits per heavy atom. The smallest absolute Gasteiger partial charge is 0.169 e. The van der Waals surface area contributed by atoms with E-state index in [-0.39, 0.29) is 0 Å². The van der Waals surface area contributed by atoms with Crippen molar-refractivity contribution < 1.29 is 0 Å². The predicted octanol–water partition coefficient (Wildman–Crippen LogP) is 8.02. The Morgan fingerprint density at radius 1 is 0.967 bits per heavy atom. The second-order valence-corrected chi connectivity index (χ2v) is 17.0. The minimum atomic E-state index is -1.77. The lowest BCUT2D eigenvalue weighted by atomic mass is 9.88. The van der Waals surface area contributed by atoms with Gasteiger partial charge in [-0.25, -0.2) is 0 Å². The SMILES string of the molecule is CCCN(CCC)C1Cc2cn([Si](C(C)C)(C(C)C)C(C)C)c3ccc(Br)c(c23)C1. The Labute approximate surface area is 194 Å². The zero-order valence-corrected chi connectivity index (χ0v) is 23.1. The van der Waals surface area contributed by atoms with Gasteiger partial charge in [-0.05, 0) is 84.9 Å². The molecule has 0 spiro atoms. The van der Waals surface area contributed by atoms with Crippen LogP contribution in [0.15, 0.2) is 22.8 Å². The van der Waals surface area contributed by atoms with Crippen molar-refractivity contribution in [1.82, 2.24) is 9.13 Å². The molecule has 1 unspecified atom stereocenters. The van der Waals surface area contributed by atoms with Crippen LogP contribution >= 0.6 is 15.9 Å². The zero-order valence-electron chi connectivity index (χ0n) is 20.6. The summed E-state index contributed by atoms with van der Waals surface area (Å²) in [6.07, 6.45) is 7.45. The largest absolute Gasteiger partial charge is 0.373 e. The molecular formula is C26H43BrN2Si. The van der Waals surface area contributed by atoms with Gasteiger partial charge in [0, 0.05) is 21.4 Å². The van der Waals surface area contributed by atoms with Gasteiger partial charge in [-0.2, -0.15) is 0 Å². The van der Waals surface area contributed by atoms with Crippen LogP contribution in [0.5, 0.6) is 0 Å². The average Bonchev–Trinajstić information content (AvgIpc) is 3.03. The van der Waals surface area contributed by atoms with E-state index in [9.17, 15) is 0 Å². The fourth-order valence-corrected chi connectivity index (χ4v) is 14.0. The van der Waals surface area contributed by atoms with Gasteiger partial charge < -0.3 is 4.23 Å². The maximum Gasteiger partial charge on any atom is 0.169 e. The van der Waals surface area contributed by atoms with E-state index < -0.39 is 8.24 Å². The zero-order chi connectivity index (χ0) is 22.2. The summed E-state index contributed by atoms with van der Waals surface area (Å²) in [4.78, 5) is 2.75. The molecule has 1 aliphatic carbocycles. The van der Waals surface area contributed by atoms with Crippen LogP contribution in [0.3, 0.4) is 0 Å². The molecule has 0 bridgehead atoms. The Balaban J connectivity index is 2.20. The van der Waals surface area contributed by atoms with Crippen LogP contribution < -0.4 is 0 Å².